The minimum Gasteiger partial charge on any atom is -0.493 e. The molecule has 2 rings (SSSR count). The first-order valence-electron chi connectivity index (χ1n) is 4.68. The van der Waals surface area contributed by atoms with Crippen LogP contribution in [0.1, 0.15) is 18.4 Å². The Bertz CT molecular complexity index is 416. The minimum absolute atomic E-state index is 0. The Labute approximate surface area is 103 Å². The monoisotopic (exact) mass is 290 g/mol. The third kappa shape index (κ3) is 1.80. The van der Waals surface area contributed by atoms with Gasteiger partial charge >= 0.3 is 5.97 Å². The molecule has 0 unspecified atom stereocenters. The topological polar surface area (TPSA) is 46.5 Å². The Balaban J connectivity index is 0.00000128. The van der Waals surface area contributed by atoms with Gasteiger partial charge in [0.2, 0.25) is 0 Å². The molecular formula is C11H12BrFO3. The lowest BCUT2D eigenvalue weighted by Crippen LogP contribution is -2.20. The molecule has 0 atom stereocenters. The molecule has 5 heteroatoms. The van der Waals surface area contributed by atoms with E-state index in [1.807, 2.05) is 0 Å². The SMILES string of the molecule is Br.COc1c(F)cccc1C1(C(=O)O)CC1. The number of halogens is 2. The molecule has 0 radical (unpaired) electrons. The van der Waals surface area contributed by atoms with Gasteiger partial charge in [-0.2, -0.15) is 0 Å². The van der Waals surface area contributed by atoms with Gasteiger partial charge in [-0.1, -0.05) is 12.1 Å². The van der Waals surface area contributed by atoms with Crippen LogP contribution in [0.5, 0.6) is 5.75 Å². The summed E-state index contributed by atoms with van der Waals surface area (Å²) in [5.74, 6) is -1.37. The average Bonchev–Trinajstić information content (AvgIpc) is 2.98. The molecule has 1 aromatic carbocycles. The molecule has 88 valence electrons. The van der Waals surface area contributed by atoms with Crippen molar-refractivity contribution in [3.05, 3.63) is 29.6 Å². The molecule has 1 aliphatic rings. The van der Waals surface area contributed by atoms with Crippen LogP contribution in [0.4, 0.5) is 4.39 Å². The number of hydrogen-bond donors (Lipinski definition) is 1. The number of para-hydroxylation sites is 1. The van der Waals surface area contributed by atoms with Gasteiger partial charge in [0.05, 0.1) is 12.5 Å². The van der Waals surface area contributed by atoms with E-state index in [1.54, 1.807) is 6.07 Å². The lowest BCUT2D eigenvalue weighted by molar-refractivity contribution is -0.140. The van der Waals surface area contributed by atoms with Crippen LogP contribution in [0.2, 0.25) is 0 Å². The highest BCUT2D eigenvalue weighted by Crippen LogP contribution is 2.51. The summed E-state index contributed by atoms with van der Waals surface area (Å²) in [7, 11) is 1.35. The smallest absolute Gasteiger partial charge is 0.314 e. The Morgan fingerprint density at radius 1 is 1.50 bits per heavy atom. The van der Waals surface area contributed by atoms with Crippen LogP contribution < -0.4 is 4.74 Å². The summed E-state index contributed by atoms with van der Waals surface area (Å²) in [6.45, 7) is 0. The predicted molar refractivity (Wildman–Crippen MR) is 61.8 cm³/mol. The molecule has 0 aliphatic heterocycles. The van der Waals surface area contributed by atoms with Crippen molar-refractivity contribution < 1.29 is 19.0 Å². The van der Waals surface area contributed by atoms with E-state index < -0.39 is 17.2 Å². The van der Waals surface area contributed by atoms with Crippen LogP contribution in [0, 0.1) is 5.82 Å². The summed E-state index contributed by atoms with van der Waals surface area (Å²) in [5.41, 5.74) is -0.481. The van der Waals surface area contributed by atoms with Crippen molar-refractivity contribution in [1.82, 2.24) is 0 Å². The molecule has 0 spiro atoms. The number of ether oxygens (including phenoxy) is 1. The van der Waals surface area contributed by atoms with Gasteiger partial charge in [-0.15, -0.1) is 17.0 Å². The molecule has 1 saturated carbocycles. The predicted octanol–water partition coefficient (Wildman–Crippen LogP) is 2.53. The zero-order valence-electron chi connectivity index (χ0n) is 8.70. The number of carboxylic acids is 1. The summed E-state index contributed by atoms with van der Waals surface area (Å²) in [6.07, 6.45) is 1.09. The van der Waals surface area contributed by atoms with Gasteiger partial charge in [-0.3, -0.25) is 4.79 Å². The Hall–Kier alpha value is -1.10. The van der Waals surface area contributed by atoms with Crippen molar-refractivity contribution in [3.63, 3.8) is 0 Å². The molecule has 16 heavy (non-hydrogen) atoms. The molecule has 1 N–H and O–H groups in total. The van der Waals surface area contributed by atoms with Gasteiger partial charge < -0.3 is 9.84 Å². The van der Waals surface area contributed by atoms with E-state index in [0.29, 0.717) is 18.4 Å². The number of benzene rings is 1. The largest absolute Gasteiger partial charge is 0.493 e. The first-order chi connectivity index (χ1) is 7.12. The molecule has 1 aromatic rings. The van der Waals surface area contributed by atoms with E-state index in [-0.39, 0.29) is 22.7 Å². The fourth-order valence-electron chi connectivity index (χ4n) is 1.82. The first kappa shape index (κ1) is 13.0. The normalized spacial score (nSPS) is 16.1. The van der Waals surface area contributed by atoms with E-state index in [4.69, 9.17) is 9.84 Å². The number of carbonyl (C=O) groups is 1. The molecule has 0 heterocycles. The highest BCUT2D eigenvalue weighted by atomic mass is 79.9. The van der Waals surface area contributed by atoms with Gasteiger partial charge in [0.25, 0.3) is 0 Å². The number of hydrogen-bond acceptors (Lipinski definition) is 2. The van der Waals surface area contributed by atoms with E-state index in [0.717, 1.165) is 0 Å². The van der Waals surface area contributed by atoms with Crippen molar-refractivity contribution in [2.75, 3.05) is 7.11 Å². The fourth-order valence-corrected chi connectivity index (χ4v) is 1.82. The molecule has 1 aliphatic carbocycles. The van der Waals surface area contributed by atoms with Crippen LogP contribution in [-0.2, 0) is 10.2 Å². The van der Waals surface area contributed by atoms with Crippen LogP contribution in [0.15, 0.2) is 18.2 Å². The number of carboxylic acid groups (broad SMARTS) is 1. The number of methoxy groups -OCH3 is 1. The summed E-state index contributed by atoms with van der Waals surface area (Å²) in [5, 5.41) is 9.09. The molecule has 0 saturated heterocycles. The van der Waals surface area contributed by atoms with Crippen LogP contribution in [0.25, 0.3) is 0 Å². The minimum atomic E-state index is -0.923. The lowest BCUT2D eigenvalue weighted by atomic mass is 9.95. The second-order valence-corrected chi connectivity index (χ2v) is 3.71. The molecule has 1 fully saturated rings. The van der Waals surface area contributed by atoms with Gasteiger partial charge in [0.15, 0.2) is 11.6 Å². The van der Waals surface area contributed by atoms with E-state index in [9.17, 15) is 9.18 Å². The van der Waals surface area contributed by atoms with Crippen LogP contribution in [0.3, 0.4) is 0 Å². The van der Waals surface area contributed by atoms with Crippen LogP contribution in [-0.4, -0.2) is 18.2 Å². The van der Waals surface area contributed by atoms with Crippen molar-refractivity contribution in [1.29, 1.82) is 0 Å². The second kappa shape index (κ2) is 4.41. The Kier molecular flexibility index (Phi) is 3.57. The van der Waals surface area contributed by atoms with Gasteiger partial charge in [-0.05, 0) is 18.9 Å². The molecule has 0 aromatic heterocycles. The van der Waals surface area contributed by atoms with Crippen molar-refractivity contribution in [3.8, 4) is 5.75 Å². The quantitative estimate of drug-likeness (QED) is 0.931. The van der Waals surface area contributed by atoms with Gasteiger partial charge in [0.1, 0.15) is 0 Å². The molecule has 0 bridgehead atoms. The molecular weight excluding hydrogens is 279 g/mol. The van der Waals surface area contributed by atoms with Crippen molar-refractivity contribution in [2.45, 2.75) is 18.3 Å². The third-order valence-electron chi connectivity index (χ3n) is 2.85. The highest BCUT2D eigenvalue weighted by Gasteiger charge is 2.53. The highest BCUT2D eigenvalue weighted by molar-refractivity contribution is 8.93. The van der Waals surface area contributed by atoms with Gasteiger partial charge in [0, 0.05) is 5.56 Å². The standard InChI is InChI=1S/C11H11FO3.BrH/c1-15-9-7(3-2-4-8(9)12)11(5-6-11)10(13)14;/h2-4H,5-6H2,1H3,(H,13,14);1H. The molecule has 0 amide bonds. The summed E-state index contributed by atoms with van der Waals surface area (Å²) in [4.78, 5) is 11.1. The summed E-state index contributed by atoms with van der Waals surface area (Å²) >= 11 is 0. The second-order valence-electron chi connectivity index (χ2n) is 3.71. The molecule has 3 nitrogen and oxygen atoms in total. The maximum Gasteiger partial charge on any atom is 0.314 e. The fraction of sp³-hybridized carbons (Fsp3) is 0.364. The number of aliphatic carboxylic acids is 1. The maximum atomic E-state index is 13.4. The third-order valence-corrected chi connectivity index (χ3v) is 2.85. The first-order valence-corrected chi connectivity index (χ1v) is 4.68. The lowest BCUT2D eigenvalue weighted by Gasteiger charge is -2.14. The van der Waals surface area contributed by atoms with E-state index >= 15 is 0 Å². The Morgan fingerprint density at radius 2 is 2.12 bits per heavy atom. The zero-order valence-corrected chi connectivity index (χ0v) is 10.4. The van der Waals surface area contributed by atoms with E-state index in [2.05, 4.69) is 0 Å². The van der Waals surface area contributed by atoms with Gasteiger partial charge in [-0.25, -0.2) is 4.39 Å². The number of rotatable bonds is 3. The van der Waals surface area contributed by atoms with Crippen molar-refractivity contribution in [2.24, 2.45) is 0 Å². The average molecular weight is 291 g/mol. The zero-order chi connectivity index (χ0) is 11.1. The van der Waals surface area contributed by atoms with Crippen molar-refractivity contribution >= 4 is 23.0 Å². The van der Waals surface area contributed by atoms with E-state index in [1.165, 1.54) is 19.2 Å². The maximum absolute atomic E-state index is 13.4. The Morgan fingerprint density at radius 3 is 2.56 bits per heavy atom. The summed E-state index contributed by atoms with van der Waals surface area (Å²) < 4.78 is 18.3. The van der Waals surface area contributed by atoms with Crippen LogP contribution >= 0.6 is 17.0 Å². The summed E-state index contributed by atoms with van der Waals surface area (Å²) in [6, 6.07) is 4.39.